The van der Waals surface area contributed by atoms with Crippen LogP contribution in [0.2, 0.25) is 0 Å². The number of aryl methyl sites for hydroxylation is 1. The zero-order valence-corrected chi connectivity index (χ0v) is 18.1. The van der Waals surface area contributed by atoms with E-state index in [2.05, 4.69) is 17.4 Å². The van der Waals surface area contributed by atoms with Gasteiger partial charge in [-0.1, -0.05) is 35.9 Å². The molecule has 2 heterocycles. The van der Waals surface area contributed by atoms with E-state index in [1.807, 2.05) is 43.0 Å². The van der Waals surface area contributed by atoms with Gasteiger partial charge in [-0.25, -0.2) is 8.42 Å². The van der Waals surface area contributed by atoms with Crippen molar-refractivity contribution in [2.24, 2.45) is 5.92 Å². The number of thioether (sulfide) groups is 1. The van der Waals surface area contributed by atoms with Crippen LogP contribution >= 0.6 is 11.8 Å². The summed E-state index contributed by atoms with van der Waals surface area (Å²) in [5, 5.41) is 3.22. The summed E-state index contributed by atoms with van der Waals surface area (Å²) in [6.45, 7) is 2.70. The highest BCUT2D eigenvalue weighted by Gasteiger charge is 2.33. The van der Waals surface area contributed by atoms with Crippen molar-refractivity contribution >= 4 is 27.7 Å². The first-order chi connectivity index (χ1) is 13.9. The molecule has 5 nitrogen and oxygen atoms in total. The molecule has 0 unspecified atom stereocenters. The van der Waals surface area contributed by atoms with Gasteiger partial charge in [0, 0.05) is 29.7 Å². The molecule has 154 valence electrons. The van der Waals surface area contributed by atoms with Crippen molar-refractivity contribution in [2.45, 2.75) is 42.0 Å². The normalized spacial score (nSPS) is 20.8. The van der Waals surface area contributed by atoms with Gasteiger partial charge in [-0.15, -0.1) is 11.8 Å². The van der Waals surface area contributed by atoms with Gasteiger partial charge in [-0.3, -0.25) is 4.79 Å². The molecule has 1 fully saturated rings. The van der Waals surface area contributed by atoms with E-state index < -0.39 is 10.0 Å². The van der Waals surface area contributed by atoms with Gasteiger partial charge in [0.2, 0.25) is 15.9 Å². The predicted octanol–water partition coefficient (Wildman–Crippen LogP) is 3.75. The molecule has 2 aromatic carbocycles. The molecule has 2 aliphatic rings. The van der Waals surface area contributed by atoms with E-state index in [9.17, 15) is 13.2 Å². The van der Waals surface area contributed by atoms with E-state index in [1.165, 1.54) is 14.8 Å². The molecule has 1 saturated heterocycles. The molecule has 7 heteroatoms. The van der Waals surface area contributed by atoms with Gasteiger partial charge in [-0.05, 0) is 49.9 Å². The van der Waals surface area contributed by atoms with Crippen molar-refractivity contribution in [2.75, 3.05) is 18.8 Å². The zero-order valence-electron chi connectivity index (χ0n) is 16.5. The van der Waals surface area contributed by atoms with Crippen LogP contribution in [0.1, 0.15) is 36.4 Å². The van der Waals surface area contributed by atoms with Crippen LogP contribution in [0.25, 0.3) is 0 Å². The second-order valence-electron chi connectivity index (χ2n) is 7.73. The van der Waals surface area contributed by atoms with Gasteiger partial charge in [0.25, 0.3) is 0 Å². The predicted molar refractivity (Wildman–Crippen MR) is 115 cm³/mol. The summed E-state index contributed by atoms with van der Waals surface area (Å²) in [4.78, 5) is 14.4. The van der Waals surface area contributed by atoms with Crippen LogP contribution in [0.4, 0.5) is 0 Å². The van der Waals surface area contributed by atoms with Crippen LogP contribution in [-0.2, 0) is 14.8 Å². The lowest BCUT2D eigenvalue weighted by Gasteiger charge is -2.32. The molecule has 0 spiro atoms. The number of carbonyl (C=O) groups is 1. The second kappa shape index (κ2) is 8.50. The number of nitrogens with zero attached hydrogens (tertiary/aromatic N) is 1. The molecule has 4 rings (SSSR count). The standard InChI is InChI=1S/C22H26N2O3S2/c1-16-6-8-18(9-7-16)29(26,27)24-13-10-17(11-14-24)22(25)23-20-12-15-28-21-5-3-2-4-19(20)21/h2-9,17,20H,10-15H2,1H3,(H,23,25)/t20-/m1/s1. The van der Waals surface area contributed by atoms with Gasteiger partial charge in [0.05, 0.1) is 10.9 Å². The molecular formula is C22H26N2O3S2. The summed E-state index contributed by atoms with van der Waals surface area (Å²) >= 11 is 1.83. The Morgan fingerprint density at radius 1 is 1.03 bits per heavy atom. The Balaban J connectivity index is 1.37. The Bertz CT molecular complexity index is 981. The third kappa shape index (κ3) is 4.37. The average molecular weight is 431 g/mol. The van der Waals surface area contributed by atoms with Crippen LogP contribution in [0.3, 0.4) is 0 Å². The maximum Gasteiger partial charge on any atom is 0.243 e. The third-order valence-electron chi connectivity index (χ3n) is 5.76. The number of sulfonamides is 1. The highest BCUT2D eigenvalue weighted by atomic mass is 32.2. The Morgan fingerprint density at radius 2 is 1.72 bits per heavy atom. The van der Waals surface area contributed by atoms with E-state index >= 15 is 0 Å². The molecule has 2 aromatic rings. The fourth-order valence-electron chi connectivity index (χ4n) is 4.00. The Morgan fingerprint density at radius 3 is 2.45 bits per heavy atom. The molecule has 29 heavy (non-hydrogen) atoms. The van der Waals surface area contributed by atoms with Crippen LogP contribution < -0.4 is 5.32 Å². The number of fused-ring (bicyclic) bond motifs is 1. The Kier molecular flexibility index (Phi) is 5.99. The molecule has 2 aliphatic heterocycles. The minimum atomic E-state index is -3.50. The first-order valence-electron chi connectivity index (χ1n) is 10.0. The molecule has 0 aliphatic carbocycles. The minimum Gasteiger partial charge on any atom is -0.349 e. The van der Waals surface area contributed by atoms with E-state index in [1.54, 1.807) is 12.1 Å². The lowest BCUT2D eigenvalue weighted by molar-refractivity contribution is -0.126. The van der Waals surface area contributed by atoms with Gasteiger partial charge < -0.3 is 5.32 Å². The fraction of sp³-hybridized carbons (Fsp3) is 0.409. The number of piperidine rings is 1. The molecule has 0 radical (unpaired) electrons. The second-order valence-corrected chi connectivity index (χ2v) is 10.8. The summed E-state index contributed by atoms with van der Waals surface area (Å²) in [6, 6.07) is 15.2. The van der Waals surface area contributed by atoms with Crippen molar-refractivity contribution < 1.29 is 13.2 Å². The van der Waals surface area contributed by atoms with Gasteiger partial charge in [0.15, 0.2) is 0 Å². The van der Waals surface area contributed by atoms with E-state index in [-0.39, 0.29) is 17.9 Å². The smallest absolute Gasteiger partial charge is 0.243 e. The molecular weight excluding hydrogens is 404 g/mol. The summed E-state index contributed by atoms with van der Waals surface area (Å²) in [5.74, 6) is 0.903. The highest BCUT2D eigenvalue weighted by Crippen LogP contribution is 2.36. The van der Waals surface area contributed by atoms with Crippen LogP contribution in [-0.4, -0.2) is 37.5 Å². The summed E-state index contributed by atoms with van der Waals surface area (Å²) in [7, 11) is -3.50. The number of rotatable bonds is 4. The maximum atomic E-state index is 12.9. The highest BCUT2D eigenvalue weighted by molar-refractivity contribution is 7.99. The van der Waals surface area contributed by atoms with E-state index in [4.69, 9.17) is 0 Å². The minimum absolute atomic E-state index is 0.0455. The van der Waals surface area contributed by atoms with Crippen molar-refractivity contribution in [3.8, 4) is 0 Å². The number of hydrogen-bond acceptors (Lipinski definition) is 4. The molecule has 0 aromatic heterocycles. The quantitative estimate of drug-likeness (QED) is 0.802. The maximum absolute atomic E-state index is 12.9. The summed E-state index contributed by atoms with van der Waals surface area (Å²) < 4.78 is 27.2. The molecule has 1 amide bonds. The van der Waals surface area contributed by atoms with Crippen LogP contribution in [0.5, 0.6) is 0 Å². The summed E-state index contributed by atoms with van der Waals surface area (Å²) in [5.41, 5.74) is 2.22. The van der Waals surface area contributed by atoms with Gasteiger partial charge in [0.1, 0.15) is 0 Å². The zero-order chi connectivity index (χ0) is 20.4. The van der Waals surface area contributed by atoms with Gasteiger partial charge in [-0.2, -0.15) is 4.31 Å². The van der Waals surface area contributed by atoms with Crippen molar-refractivity contribution in [1.29, 1.82) is 0 Å². The lowest BCUT2D eigenvalue weighted by Crippen LogP contribution is -2.44. The largest absolute Gasteiger partial charge is 0.349 e. The molecule has 0 saturated carbocycles. The Labute approximate surface area is 176 Å². The van der Waals surface area contributed by atoms with Crippen molar-refractivity contribution in [1.82, 2.24) is 9.62 Å². The van der Waals surface area contributed by atoms with Crippen molar-refractivity contribution in [3.63, 3.8) is 0 Å². The van der Waals surface area contributed by atoms with Gasteiger partial charge >= 0.3 is 0 Å². The Hall–Kier alpha value is -1.83. The molecule has 1 atom stereocenters. The van der Waals surface area contributed by atoms with E-state index in [0.29, 0.717) is 30.8 Å². The number of carbonyl (C=O) groups excluding carboxylic acids is 1. The summed E-state index contributed by atoms with van der Waals surface area (Å²) in [6.07, 6.45) is 2.04. The monoisotopic (exact) mass is 430 g/mol. The molecule has 0 bridgehead atoms. The van der Waals surface area contributed by atoms with E-state index in [0.717, 1.165) is 17.7 Å². The average Bonchev–Trinajstić information content (AvgIpc) is 2.74. The first-order valence-corrected chi connectivity index (χ1v) is 12.5. The van der Waals surface area contributed by atoms with Crippen LogP contribution in [0.15, 0.2) is 58.3 Å². The number of nitrogens with one attached hydrogen (secondary N) is 1. The van der Waals surface area contributed by atoms with Crippen LogP contribution in [0, 0.1) is 12.8 Å². The number of amides is 1. The number of benzene rings is 2. The third-order valence-corrected chi connectivity index (χ3v) is 8.79. The topological polar surface area (TPSA) is 66.5 Å². The first kappa shape index (κ1) is 20.4. The lowest BCUT2D eigenvalue weighted by atomic mass is 9.95. The molecule has 1 N–H and O–H groups in total. The SMILES string of the molecule is Cc1ccc(S(=O)(=O)N2CCC(C(=O)N[C@@H]3CCSc4ccccc43)CC2)cc1. The fourth-order valence-corrected chi connectivity index (χ4v) is 6.59. The number of hydrogen-bond donors (Lipinski definition) is 1. The van der Waals surface area contributed by atoms with Crippen molar-refractivity contribution in [3.05, 3.63) is 59.7 Å².